The van der Waals surface area contributed by atoms with E-state index in [4.69, 9.17) is 16.3 Å². The highest BCUT2D eigenvalue weighted by Gasteiger charge is 2.37. The Bertz CT molecular complexity index is 1160. The standard InChI is InChI=1S/C17H17ClN2O6S2/c1-11-13(18)4-3-5-14(11)19-28(24,25)16-10-12(6-7-15(16)26-2)20-17(21)8-9-27(20,22)23/h3-7,10,19H,8-9H2,1-2H3. The first kappa shape index (κ1) is 20.4. The van der Waals surface area contributed by atoms with Crippen LogP contribution in [0.1, 0.15) is 12.0 Å². The van der Waals surface area contributed by atoms with Crippen molar-refractivity contribution in [3.05, 3.63) is 47.0 Å². The Morgan fingerprint density at radius 1 is 1.21 bits per heavy atom. The number of rotatable bonds is 5. The monoisotopic (exact) mass is 444 g/mol. The van der Waals surface area contributed by atoms with Gasteiger partial charge in [-0.2, -0.15) is 0 Å². The van der Waals surface area contributed by atoms with Crippen LogP contribution in [0.2, 0.25) is 5.02 Å². The number of nitrogens with zero attached hydrogens (tertiary/aromatic N) is 1. The molecule has 0 aliphatic carbocycles. The van der Waals surface area contributed by atoms with Crippen molar-refractivity contribution in [3.8, 4) is 5.75 Å². The molecule has 0 bridgehead atoms. The molecule has 0 radical (unpaired) electrons. The molecule has 1 saturated heterocycles. The number of ether oxygens (including phenoxy) is 1. The fourth-order valence-corrected chi connectivity index (χ4v) is 5.73. The van der Waals surface area contributed by atoms with Crippen molar-refractivity contribution in [2.24, 2.45) is 0 Å². The van der Waals surface area contributed by atoms with E-state index in [1.54, 1.807) is 25.1 Å². The Kier molecular flexibility index (Phi) is 5.30. The summed E-state index contributed by atoms with van der Waals surface area (Å²) in [7, 11) is -6.71. The molecule has 2 aromatic carbocycles. The average molecular weight is 445 g/mol. The van der Waals surface area contributed by atoms with Crippen LogP contribution in [0, 0.1) is 6.92 Å². The molecule has 11 heteroatoms. The molecule has 28 heavy (non-hydrogen) atoms. The Labute approximate surface area is 168 Å². The smallest absolute Gasteiger partial charge is 0.265 e. The van der Waals surface area contributed by atoms with Gasteiger partial charge >= 0.3 is 0 Å². The number of hydrogen-bond donors (Lipinski definition) is 1. The second-order valence-electron chi connectivity index (χ2n) is 6.08. The Morgan fingerprint density at radius 3 is 2.54 bits per heavy atom. The summed E-state index contributed by atoms with van der Waals surface area (Å²) in [5, 5.41) is 0.384. The predicted molar refractivity (Wildman–Crippen MR) is 106 cm³/mol. The molecule has 0 unspecified atom stereocenters. The van der Waals surface area contributed by atoms with Crippen LogP contribution in [0.25, 0.3) is 0 Å². The van der Waals surface area contributed by atoms with Gasteiger partial charge < -0.3 is 4.74 Å². The molecule has 8 nitrogen and oxygen atoms in total. The summed E-state index contributed by atoms with van der Waals surface area (Å²) in [6, 6.07) is 8.49. The van der Waals surface area contributed by atoms with Gasteiger partial charge in [0.2, 0.25) is 15.9 Å². The molecule has 1 heterocycles. The molecule has 0 spiro atoms. The second kappa shape index (κ2) is 7.26. The van der Waals surface area contributed by atoms with Crippen molar-refractivity contribution in [2.75, 3.05) is 21.9 Å². The summed E-state index contributed by atoms with van der Waals surface area (Å²) in [6.45, 7) is 1.66. The van der Waals surface area contributed by atoms with E-state index in [0.29, 0.717) is 14.9 Å². The van der Waals surface area contributed by atoms with E-state index in [2.05, 4.69) is 4.72 Å². The fourth-order valence-electron chi connectivity index (χ4n) is 2.79. The van der Waals surface area contributed by atoms with E-state index in [0.717, 1.165) is 6.07 Å². The number of carbonyl (C=O) groups excluding carboxylic acids is 1. The molecule has 3 rings (SSSR count). The zero-order valence-electron chi connectivity index (χ0n) is 15.0. The molecule has 0 saturated carbocycles. The molecule has 1 fully saturated rings. The second-order valence-corrected chi connectivity index (χ2v) is 10.1. The van der Waals surface area contributed by atoms with Gasteiger partial charge in [-0.05, 0) is 42.8 Å². The van der Waals surface area contributed by atoms with E-state index in [9.17, 15) is 21.6 Å². The van der Waals surface area contributed by atoms with Crippen LogP contribution < -0.4 is 13.8 Å². The molecule has 1 amide bonds. The number of methoxy groups -OCH3 is 1. The predicted octanol–water partition coefficient (Wildman–Crippen LogP) is 2.52. The van der Waals surface area contributed by atoms with Crippen molar-refractivity contribution in [2.45, 2.75) is 18.2 Å². The molecule has 1 N–H and O–H groups in total. The average Bonchev–Trinajstić information content (AvgIpc) is 2.91. The first-order valence-electron chi connectivity index (χ1n) is 8.08. The van der Waals surface area contributed by atoms with Crippen LogP contribution in [0.4, 0.5) is 11.4 Å². The quantitative estimate of drug-likeness (QED) is 0.758. The fraction of sp³-hybridized carbons (Fsp3) is 0.235. The summed E-state index contributed by atoms with van der Waals surface area (Å²) in [5.41, 5.74) is 0.733. The number of benzene rings is 2. The van der Waals surface area contributed by atoms with Crippen LogP contribution in [0.15, 0.2) is 41.3 Å². The van der Waals surface area contributed by atoms with Crippen LogP contribution >= 0.6 is 11.6 Å². The van der Waals surface area contributed by atoms with Crippen LogP contribution in [0.3, 0.4) is 0 Å². The molecule has 1 aliphatic rings. The van der Waals surface area contributed by atoms with Gasteiger partial charge in [-0.15, -0.1) is 0 Å². The number of carbonyl (C=O) groups is 1. The summed E-state index contributed by atoms with van der Waals surface area (Å²) in [6.07, 6.45) is -0.156. The topological polar surface area (TPSA) is 110 Å². The maximum Gasteiger partial charge on any atom is 0.265 e. The van der Waals surface area contributed by atoms with E-state index in [1.165, 1.54) is 19.2 Å². The highest BCUT2D eigenvalue weighted by atomic mass is 35.5. The van der Waals surface area contributed by atoms with Gasteiger partial charge in [-0.1, -0.05) is 17.7 Å². The molecule has 150 valence electrons. The summed E-state index contributed by atoms with van der Waals surface area (Å²) in [5.74, 6) is -0.938. The molecular weight excluding hydrogens is 428 g/mol. The molecule has 0 aromatic heterocycles. The lowest BCUT2D eigenvalue weighted by molar-refractivity contribution is -0.116. The summed E-state index contributed by atoms with van der Waals surface area (Å²) >= 11 is 6.04. The third-order valence-corrected chi connectivity index (χ3v) is 7.75. The SMILES string of the molecule is COc1ccc(N2C(=O)CCS2(=O)=O)cc1S(=O)(=O)Nc1cccc(Cl)c1C. The minimum absolute atomic E-state index is 0.0000231. The lowest BCUT2D eigenvalue weighted by atomic mass is 10.2. The van der Waals surface area contributed by atoms with Gasteiger partial charge in [0.15, 0.2) is 0 Å². The van der Waals surface area contributed by atoms with E-state index in [1.807, 2.05) is 0 Å². The van der Waals surface area contributed by atoms with Crippen molar-refractivity contribution in [1.29, 1.82) is 0 Å². The first-order chi connectivity index (χ1) is 13.1. The number of amides is 1. The van der Waals surface area contributed by atoms with Crippen LogP contribution in [0.5, 0.6) is 5.75 Å². The van der Waals surface area contributed by atoms with Gasteiger partial charge in [0.1, 0.15) is 10.6 Å². The van der Waals surface area contributed by atoms with E-state index < -0.39 is 26.0 Å². The largest absolute Gasteiger partial charge is 0.495 e. The third-order valence-electron chi connectivity index (χ3n) is 4.26. The summed E-state index contributed by atoms with van der Waals surface area (Å²) < 4.78 is 58.4. The van der Waals surface area contributed by atoms with Crippen molar-refractivity contribution in [3.63, 3.8) is 0 Å². The molecule has 0 atom stereocenters. The minimum Gasteiger partial charge on any atom is -0.495 e. The maximum atomic E-state index is 13.0. The number of hydrogen-bond acceptors (Lipinski definition) is 6. The number of sulfonamides is 2. The Hall–Kier alpha value is -2.30. The number of halogens is 1. The lowest BCUT2D eigenvalue weighted by Crippen LogP contribution is -2.29. The van der Waals surface area contributed by atoms with Gasteiger partial charge in [-0.25, -0.2) is 21.1 Å². The van der Waals surface area contributed by atoms with Crippen LogP contribution in [-0.2, 0) is 24.8 Å². The zero-order chi connectivity index (χ0) is 20.7. The van der Waals surface area contributed by atoms with Crippen LogP contribution in [-0.4, -0.2) is 35.6 Å². The number of anilines is 2. The first-order valence-corrected chi connectivity index (χ1v) is 11.6. The molecule has 1 aliphatic heterocycles. The highest BCUT2D eigenvalue weighted by molar-refractivity contribution is 7.94. The van der Waals surface area contributed by atoms with E-state index >= 15 is 0 Å². The Morgan fingerprint density at radius 2 is 1.93 bits per heavy atom. The van der Waals surface area contributed by atoms with Crippen molar-refractivity contribution >= 4 is 48.9 Å². The Balaban J connectivity index is 2.09. The maximum absolute atomic E-state index is 13.0. The number of nitrogens with one attached hydrogen (secondary N) is 1. The van der Waals surface area contributed by atoms with Crippen molar-refractivity contribution < 1.29 is 26.4 Å². The van der Waals surface area contributed by atoms with Crippen molar-refractivity contribution in [1.82, 2.24) is 0 Å². The minimum atomic E-state index is -4.17. The highest BCUT2D eigenvalue weighted by Crippen LogP contribution is 2.34. The zero-order valence-corrected chi connectivity index (χ0v) is 17.4. The van der Waals surface area contributed by atoms with Gasteiger partial charge in [0.05, 0.1) is 24.2 Å². The van der Waals surface area contributed by atoms with E-state index in [-0.39, 0.29) is 34.2 Å². The van der Waals surface area contributed by atoms with Gasteiger partial charge in [0.25, 0.3) is 10.0 Å². The molecular formula is C17H17ClN2O6S2. The normalized spacial score (nSPS) is 16.2. The molecule has 2 aromatic rings. The lowest BCUT2D eigenvalue weighted by Gasteiger charge is -2.18. The third kappa shape index (κ3) is 3.67. The van der Waals surface area contributed by atoms with Gasteiger partial charge in [0, 0.05) is 11.4 Å². The van der Waals surface area contributed by atoms with Gasteiger partial charge in [-0.3, -0.25) is 9.52 Å². The summed E-state index contributed by atoms with van der Waals surface area (Å²) in [4.78, 5) is 11.7.